The van der Waals surface area contributed by atoms with E-state index in [4.69, 9.17) is 9.47 Å². The van der Waals surface area contributed by atoms with Crippen LogP contribution in [0.4, 0.5) is 0 Å². The highest BCUT2D eigenvalue weighted by Crippen LogP contribution is 2.33. The van der Waals surface area contributed by atoms with Gasteiger partial charge in [0.25, 0.3) is 0 Å². The number of carbonyl (C=O) groups is 2. The Bertz CT molecular complexity index is 479. The Balaban J connectivity index is 2.22. The predicted octanol–water partition coefficient (Wildman–Crippen LogP) is 2.49. The van der Waals surface area contributed by atoms with Crippen LogP contribution in [0.1, 0.15) is 32.3 Å². The lowest BCUT2D eigenvalue weighted by atomic mass is 10.0. The summed E-state index contributed by atoms with van der Waals surface area (Å²) >= 11 is 0. The first-order valence-electron chi connectivity index (χ1n) is 6.16. The molecule has 0 radical (unpaired) electrons. The Morgan fingerprint density at radius 3 is 2.94 bits per heavy atom. The molecule has 1 atom stereocenters. The van der Waals surface area contributed by atoms with Crippen molar-refractivity contribution in [1.29, 1.82) is 0 Å². The summed E-state index contributed by atoms with van der Waals surface area (Å²) in [6.07, 6.45) is 1.62. The van der Waals surface area contributed by atoms with Crippen LogP contribution in [0.15, 0.2) is 18.2 Å². The van der Waals surface area contributed by atoms with E-state index in [2.05, 4.69) is 0 Å². The molecule has 0 saturated carbocycles. The highest BCUT2D eigenvalue weighted by atomic mass is 16.5. The molecule has 1 unspecified atom stereocenters. The van der Waals surface area contributed by atoms with E-state index < -0.39 is 0 Å². The number of hydrogen-bond acceptors (Lipinski definition) is 4. The third-order valence-corrected chi connectivity index (χ3v) is 3.12. The van der Waals surface area contributed by atoms with Gasteiger partial charge in [-0.2, -0.15) is 0 Å². The van der Waals surface area contributed by atoms with E-state index in [1.807, 2.05) is 13.8 Å². The van der Waals surface area contributed by atoms with Crippen molar-refractivity contribution >= 4 is 11.9 Å². The van der Waals surface area contributed by atoms with Crippen molar-refractivity contribution in [2.24, 2.45) is 5.92 Å². The van der Waals surface area contributed by atoms with Gasteiger partial charge in [0.2, 0.25) is 0 Å². The van der Waals surface area contributed by atoms with Crippen LogP contribution in [0.3, 0.4) is 0 Å². The van der Waals surface area contributed by atoms with E-state index in [9.17, 15) is 9.59 Å². The van der Waals surface area contributed by atoms with Gasteiger partial charge in [-0.1, -0.05) is 19.9 Å². The summed E-state index contributed by atoms with van der Waals surface area (Å²) in [6.45, 7) is 3.77. The van der Waals surface area contributed by atoms with Crippen molar-refractivity contribution in [3.8, 4) is 11.5 Å². The lowest BCUT2D eigenvalue weighted by Crippen LogP contribution is -2.20. The van der Waals surface area contributed by atoms with Gasteiger partial charge in [0, 0.05) is 5.56 Å². The second kappa shape index (κ2) is 5.21. The Morgan fingerprint density at radius 2 is 2.22 bits per heavy atom. The fraction of sp³-hybridized carbons (Fsp3) is 0.429. The SMILES string of the molecule is CCC(C)C(=O)Oc1cccc2c1CCC(=O)O2. The van der Waals surface area contributed by atoms with Gasteiger partial charge in [0.1, 0.15) is 11.5 Å². The Hall–Kier alpha value is -1.84. The second-order valence-corrected chi connectivity index (χ2v) is 4.44. The molecule has 4 heteroatoms. The molecule has 18 heavy (non-hydrogen) atoms. The molecule has 0 spiro atoms. The number of ether oxygens (including phenoxy) is 2. The third kappa shape index (κ3) is 2.53. The molecular formula is C14H16O4. The summed E-state index contributed by atoms with van der Waals surface area (Å²) < 4.78 is 10.5. The maximum Gasteiger partial charge on any atom is 0.314 e. The normalized spacial score (nSPS) is 15.6. The first kappa shape index (κ1) is 12.6. The minimum Gasteiger partial charge on any atom is -0.426 e. The molecule has 0 bridgehead atoms. The zero-order valence-corrected chi connectivity index (χ0v) is 10.6. The van der Waals surface area contributed by atoms with Crippen LogP contribution < -0.4 is 9.47 Å². The van der Waals surface area contributed by atoms with Crippen molar-refractivity contribution in [2.75, 3.05) is 0 Å². The van der Waals surface area contributed by atoms with E-state index in [0.717, 1.165) is 12.0 Å². The summed E-state index contributed by atoms with van der Waals surface area (Å²) in [7, 11) is 0. The Morgan fingerprint density at radius 1 is 1.44 bits per heavy atom. The Labute approximate surface area is 106 Å². The smallest absolute Gasteiger partial charge is 0.314 e. The van der Waals surface area contributed by atoms with E-state index in [0.29, 0.717) is 24.3 Å². The van der Waals surface area contributed by atoms with E-state index in [-0.39, 0.29) is 17.9 Å². The van der Waals surface area contributed by atoms with Crippen LogP contribution in [0.5, 0.6) is 11.5 Å². The Kier molecular flexibility index (Phi) is 3.65. The van der Waals surface area contributed by atoms with Crippen LogP contribution in [0.2, 0.25) is 0 Å². The van der Waals surface area contributed by atoms with Gasteiger partial charge >= 0.3 is 11.9 Å². The fourth-order valence-corrected chi connectivity index (χ4v) is 1.76. The average Bonchev–Trinajstić information content (AvgIpc) is 2.37. The van der Waals surface area contributed by atoms with Crippen molar-refractivity contribution in [1.82, 2.24) is 0 Å². The first-order valence-corrected chi connectivity index (χ1v) is 6.16. The summed E-state index contributed by atoms with van der Waals surface area (Å²) in [4.78, 5) is 22.9. The van der Waals surface area contributed by atoms with Crippen molar-refractivity contribution in [3.05, 3.63) is 23.8 Å². The molecule has 1 aliphatic heterocycles. The van der Waals surface area contributed by atoms with E-state index in [1.165, 1.54) is 0 Å². The monoisotopic (exact) mass is 248 g/mol. The number of benzene rings is 1. The van der Waals surface area contributed by atoms with Gasteiger partial charge in [-0.05, 0) is 25.0 Å². The van der Waals surface area contributed by atoms with Crippen LogP contribution in [-0.4, -0.2) is 11.9 Å². The van der Waals surface area contributed by atoms with Gasteiger partial charge in [0.15, 0.2) is 0 Å². The van der Waals surface area contributed by atoms with Crippen LogP contribution in [0, 0.1) is 5.92 Å². The summed E-state index contributed by atoms with van der Waals surface area (Å²) in [5, 5.41) is 0. The highest BCUT2D eigenvalue weighted by molar-refractivity contribution is 5.78. The van der Waals surface area contributed by atoms with Crippen LogP contribution >= 0.6 is 0 Å². The van der Waals surface area contributed by atoms with E-state index >= 15 is 0 Å². The molecule has 2 rings (SSSR count). The van der Waals surface area contributed by atoms with Crippen molar-refractivity contribution in [2.45, 2.75) is 33.1 Å². The topological polar surface area (TPSA) is 52.6 Å². The number of esters is 2. The summed E-state index contributed by atoms with van der Waals surface area (Å²) in [6, 6.07) is 5.17. The lowest BCUT2D eigenvalue weighted by molar-refractivity contribution is -0.138. The fourth-order valence-electron chi connectivity index (χ4n) is 1.76. The molecule has 1 aliphatic rings. The second-order valence-electron chi connectivity index (χ2n) is 4.44. The summed E-state index contributed by atoms with van der Waals surface area (Å²) in [5.41, 5.74) is 0.800. The van der Waals surface area contributed by atoms with Gasteiger partial charge < -0.3 is 9.47 Å². The largest absolute Gasteiger partial charge is 0.426 e. The lowest BCUT2D eigenvalue weighted by Gasteiger charge is -2.19. The van der Waals surface area contributed by atoms with E-state index in [1.54, 1.807) is 18.2 Å². The molecule has 0 saturated heterocycles. The molecule has 96 valence electrons. The van der Waals surface area contributed by atoms with Gasteiger partial charge in [-0.3, -0.25) is 9.59 Å². The molecule has 1 aromatic carbocycles. The zero-order valence-electron chi connectivity index (χ0n) is 10.6. The summed E-state index contributed by atoms with van der Waals surface area (Å²) in [5.74, 6) is 0.383. The first-order chi connectivity index (χ1) is 8.61. The number of fused-ring (bicyclic) bond motifs is 1. The quantitative estimate of drug-likeness (QED) is 0.609. The predicted molar refractivity (Wildman–Crippen MR) is 65.5 cm³/mol. The highest BCUT2D eigenvalue weighted by Gasteiger charge is 2.22. The molecule has 0 aromatic heterocycles. The average molecular weight is 248 g/mol. The van der Waals surface area contributed by atoms with Gasteiger partial charge in [-0.25, -0.2) is 0 Å². The standard InChI is InChI=1S/C14H16O4/c1-3-9(2)14(16)18-12-6-4-5-11-10(12)7-8-13(15)17-11/h4-6,9H,3,7-8H2,1-2H3. The number of hydrogen-bond donors (Lipinski definition) is 0. The van der Waals surface area contributed by atoms with Crippen LogP contribution in [0.25, 0.3) is 0 Å². The molecular weight excluding hydrogens is 232 g/mol. The number of carbonyl (C=O) groups excluding carboxylic acids is 2. The van der Waals surface area contributed by atoms with Crippen molar-refractivity contribution < 1.29 is 19.1 Å². The maximum absolute atomic E-state index is 11.8. The molecule has 0 aliphatic carbocycles. The minimum atomic E-state index is -0.247. The van der Waals surface area contributed by atoms with Gasteiger partial charge in [0.05, 0.1) is 12.3 Å². The molecule has 1 aromatic rings. The molecule has 0 N–H and O–H groups in total. The molecule has 0 amide bonds. The zero-order chi connectivity index (χ0) is 13.1. The minimum absolute atomic E-state index is 0.132. The van der Waals surface area contributed by atoms with Crippen molar-refractivity contribution in [3.63, 3.8) is 0 Å². The molecule has 0 fully saturated rings. The molecule has 1 heterocycles. The molecule has 4 nitrogen and oxygen atoms in total. The maximum atomic E-state index is 11.8. The van der Waals surface area contributed by atoms with Crippen LogP contribution in [-0.2, 0) is 16.0 Å². The third-order valence-electron chi connectivity index (χ3n) is 3.12. The number of rotatable bonds is 3. The van der Waals surface area contributed by atoms with Gasteiger partial charge in [-0.15, -0.1) is 0 Å².